The van der Waals surface area contributed by atoms with Crippen LogP contribution >= 0.6 is 0 Å². The van der Waals surface area contributed by atoms with E-state index in [1.807, 2.05) is 60.7 Å². The van der Waals surface area contributed by atoms with E-state index in [4.69, 9.17) is 19.9 Å². The molecule has 0 aliphatic heterocycles. The summed E-state index contributed by atoms with van der Waals surface area (Å²) in [6, 6.07) is 80.7. The summed E-state index contributed by atoms with van der Waals surface area (Å²) in [5.41, 5.74) is 15.0. The van der Waals surface area contributed by atoms with Crippen molar-refractivity contribution in [2.24, 2.45) is 0 Å². The Bertz CT molecular complexity index is 3280. The molecule has 4 nitrogen and oxygen atoms in total. The predicted octanol–water partition coefficient (Wildman–Crippen LogP) is 14.9. The quantitative estimate of drug-likeness (QED) is 0.144. The number of rotatable bonds is 8. The molecule has 2 aromatic heterocycles. The SMILES string of the molecule is c1ccc(-c2ccc(-c3cc(-c4ccc(-c5ccccc5)cc4)c4cc(-c5ccc(-c6nc(-c7ccccc7)nc(-c7ccccc7)n6)cc5)c5ccccc5c4n3)cc2)cc1. The van der Waals surface area contributed by atoms with E-state index in [1.165, 1.54) is 22.3 Å². The number of benzene rings is 9. The Balaban J connectivity index is 1.05. The zero-order valence-corrected chi connectivity index (χ0v) is 33.7. The lowest BCUT2D eigenvalue weighted by molar-refractivity contribution is 1.07. The summed E-state index contributed by atoms with van der Waals surface area (Å²) in [7, 11) is 0. The Hall–Kier alpha value is -8.34. The number of hydrogen-bond donors (Lipinski definition) is 0. The molecule has 0 aliphatic carbocycles. The molecule has 0 radical (unpaired) electrons. The lowest BCUT2D eigenvalue weighted by Crippen LogP contribution is -2.00. The topological polar surface area (TPSA) is 51.6 Å². The van der Waals surface area contributed by atoms with Crippen molar-refractivity contribution >= 4 is 21.7 Å². The van der Waals surface area contributed by atoms with Crippen LogP contribution in [0.25, 0.3) is 112 Å². The minimum absolute atomic E-state index is 0.627. The molecule has 0 saturated carbocycles. The molecule has 62 heavy (non-hydrogen) atoms. The molecule has 2 heterocycles. The first-order valence-electron chi connectivity index (χ1n) is 20.9. The average Bonchev–Trinajstić information content (AvgIpc) is 3.37. The van der Waals surface area contributed by atoms with Crippen LogP contribution in [0.1, 0.15) is 0 Å². The van der Waals surface area contributed by atoms with Crippen LogP contribution in [0.3, 0.4) is 0 Å². The Morgan fingerprint density at radius 1 is 0.210 bits per heavy atom. The van der Waals surface area contributed by atoms with Crippen LogP contribution in [0.4, 0.5) is 0 Å². The lowest BCUT2D eigenvalue weighted by atomic mass is 9.90. The Morgan fingerprint density at radius 3 is 1.00 bits per heavy atom. The van der Waals surface area contributed by atoms with Crippen molar-refractivity contribution < 1.29 is 0 Å². The molecule has 0 fully saturated rings. The van der Waals surface area contributed by atoms with Crippen molar-refractivity contribution in [3.05, 3.63) is 231 Å². The molecule has 9 aromatic carbocycles. The molecule has 11 aromatic rings. The summed E-state index contributed by atoms with van der Waals surface area (Å²) < 4.78 is 0. The Morgan fingerprint density at radius 2 is 0.532 bits per heavy atom. The van der Waals surface area contributed by atoms with Gasteiger partial charge in [0.2, 0.25) is 0 Å². The molecule has 0 spiro atoms. The Labute approximate surface area is 360 Å². The zero-order chi connectivity index (χ0) is 41.2. The summed E-state index contributed by atoms with van der Waals surface area (Å²) in [5, 5.41) is 3.34. The van der Waals surface area contributed by atoms with Crippen molar-refractivity contribution in [1.82, 2.24) is 19.9 Å². The van der Waals surface area contributed by atoms with Gasteiger partial charge in [-0.25, -0.2) is 19.9 Å². The summed E-state index contributed by atoms with van der Waals surface area (Å²) >= 11 is 0. The molecule has 0 saturated heterocycles. The summed E-state index contributed by atoms with van der Waals surface area (Å²) in [6.07, 6.45) is 0. The van der Waals surface area contributed by atoms with Crippen LogP contribution in [0.5, 0.6) is 0 Å². The summed E-state index contributed by atoms with van der Waals surface area (Å²) in [6.45, 7) is 0. The first-order valence-corrected chi connectivity index (χ1v) is 20.9. The molecule has 0 atom stereocenters. The molecule has 11 rings (SSSR count). The third-order valence-corrected chi connectivity index (χ3v) is 11.6. The van der Waals surface area contributed by atoms with Gasteiger partial charge in [-0.15, -0.1) is 0 Å². The first kappa shape index (κ1) is 36.7. The summed E-state index contributed by atoms with van der Waals surface area (Å²) in [4.78, 5) is 20.3. The molecule has 0 amide bonds. The normalized spacial score (nSPS) is 11.2. The highest BCUT2D eigenvalue weighted by molar-refractivity contribution is 6.16. The fourth-order valence-electron chi connectivity index (χ4n) is 8.35. The number of aromatic nitrogens is 4. The Kier molecular flexibility index (Phi) is 9.49. The second-order valence-electron chi connectivity index (χ2n) is 15.4. The van der Waals surface area contributed by atoms with E-state index >= 15 is 0 Å². The van der Waals surface area contributed by atoms with Crippen LogP contribution in [-0.4, -0.2) is 19.9 Å². The van der Waals surface area contributed by atoms with Gasteiger partial charge in [0.25, 0.3) is 0 Å². The molecule has 0 aliphatic rings. The van der Waals surface area contributed by atoms with E-state index in [1.54, 1.807) is 0 Å². The van der Waals surface area contributed by atoms with Gasteiger partial charge in [-0.1, -0.05) is 218 Å². The van der Waals surface area contributed by atoms with Crippen molar-refractivity contribution in [1.29, 1.82) is 0 Å². The first-order chi connectivity index (χ1) is 30.7. The molecule has 0 unspecified atom stereocenters. The molecule has 0 N–H and O–H groups in total. The summed E-state index contributed by atoms with van der Waals surface area (Å²) in [5.74, 6) is 1.91. The fourth-order valence-corrected chi connectivity index (χ4v) is 8.35. The molecule has 0 bridgehead atoms. The fraction of sp³-hybridized carbons (Fsp3) is 0. The second kappa shape index (κ2) is 16.0. The van der Waals surface area contributed by atoms with Crippen LogP contribution in [0.15, 0.2) is 231 Å². The van der Waals surface area contributed by atoms with Crippen LogP contribution in [0, 0.1) is 0 Å². The van der Waals surface area contributed by atoms with Crippen LogP contribution < -0.4 is 0 Å². The maximum Gasteiger partial charge on any atom is 0.164 e. The standard InChI is InChI=1S/C58H38N4/c1-5-15-39(16-6-1)41-25-29-44(30-26-41)52-38-54(45-33-27-42(28-34-45)40-17-7-2-8-18-40)59-55-50-24-14-13-23-49(50)51(37-53(52)55)43-31-35-48(36-32-43)58-61-56(46-19-9-3-10-20-46)60-57(62-58)47-21-11-4-12-22-47/h1-38H. The number of nitrogens with zero attached hydrogens (tertiary/aromatic N) is 4. The number of pyridine rings is 1. The zero-order valence-electron chi connectivity index (χ0n) is 33.7. The van der Waals surface area contributed by atoms with Crippen molar-refractivity contribution in [3.63, 3.8) is 0 Å². The van der Waals surface area contributed by atoms with Crippen molar-refractivity contribution in [3.8, 4) is 89.9 Å². The lowest BCUT2D eigenvalue weighted by Gasteiger charge is -2.16. The van der Waals surface area contributed by atoms with Gasteiger partial charge >= 0.3 is 0 Å². The van der Waals surface area contributed by atoms with Gasteiger partial charge in [-0.05, 0) is 62.0 Å². The van der Waals surface area contributed by atoms with E-state index in [2.05, 4.69) is 170 Å². The van der Waals surface area contributed by atoms with Crippen molar-refractivity contribution in [2.45, 2.75) is 0 Å². The third kappa shape index (κ3) is 7.10. The number of hydrogen-bond acceptors (Lipinski definition) is 4. The molecular weight excluding hydrogens is 753 g/mol. The van der Waals surface area contributed by atoms with Gasteiger partial charge < -0.3 is 0 Å². The van der Waals surface area contributed by atoms with Gasteiger partial charge in [-0.2, -0.15) is 0 Å². The van der Waals surface area contributed by atoms with Crippen molar-refractivity contribution in [2.75, 3.05) is 0 Å². The predicted molar refractivity (Wildman–Crippen MR) is 256 cm³/mol. The van der Waals surface area contributed by atoms with E-state index in [9.17, 15) is 0 Å². The van der Waals surface area contributed by atoms with Gasteiger partial charge in [0.1, 0.15) is 0 Å². The van der Waals surface area contributed by atoms with E-state index in [-0.39, 0.29) is 0 Å². The average molecular weight is 791 g/mol. The highest BCUT2D eigenvalue weighted by Gasteiger charge is 2.18. The third-order valence-electron chi connectivity index (χ3n) is 11.6. The highest BCUT2D eigenvalue weighted by Crippen LogP contribution is 2.41. The minimum atomic E-state index is 0.627. The van der Waals surface area contributed by atoms with Gasteiger partial charge in [-0.3, -0.25) is 0 Å². The van der Waals surface area contributed by atoms with Gasteiger partial charge in [0.15, 0.2) is 17.5 Å². The second-order valence-corrected chi connectivity index (χ2v) is 15.4. The van der Waals surface area contributed by atoms with E-state index < -0.39 is 0 Å². The van der Waals surface area contributed by atoms with E-state index in [0.717, 1.165) is 71.9 Å². The maximum absolute atomic E-state index is 5.46. The van der Waals surface area contributed by atoms with Gasteiger partial charge in [0.05, 0.1) is 11.2 Å². The van der Waals surface area contributed by atoms with Gasteiger partial charge in [0, 0.05) is 33.0 Å². The molecule has 290 valence electrons. The molecule has 4 heteroatoms. The smallest absolute Gasteiger partial charge is 0.164 e. The molecular formula is C58H38N4. The highest BCUT2D eigenvalue weighted by atomic mass is 15.0. The van der Waals surface area contributed by atoms with Crippen LogP contribution in [-0.2, 0) is 0 Å². The minimum Gasteiger partial charge on any atom is -0.247 e. The number of fused-ring (bicyclic) bond motifs is 3. The van der Waals surface area contributed by atoms with E-state index in [0.29, 0.717) is 17.5 Å². The monoisotopic (exact) mass is 790 g/mol. The van der Waals surface area contributed by atoms with Crippen LogP contribution in [0.2, 0.25) is 0 Å². The maximum atomic E-state index is 5.46. The largest absolute Gasteiger partial charge is 0.247 e.